The Morgan fingerprint density at radius 3 is 2.46 bits per heavy atom. The van der Waals surface area contributed by atoms with Gasteiger partial charge in [-0.3, -0.25) is 4.98 Å². The zero-order valence-electron chi connectivity index (χ0n) is 14.5. The number of benzene rings is 1. The molecule has 0 atom stereocenters. The van der Waals surface area contributed by atoms with Crippen molar-refractivity contribution in [3.63, 3.8) is 0 Å². The molecule has 0 amide bonds. The number of hydrogen-bond acceptors (Lipinski definition) is 6. The van der Waals surface area contributed by atoms with Gasteiger partial charge in [0.25, 0.3) is 0 Å². The molecule has 0 unspecified atom stereocenters. The second-order valence-corrected chi connectivity index (χ2v) is 6.79. The zero-order valence-corrected chi connectivity index (χ0v) is 15.3. The summed E-state index contributed by atoms with van der Waals surface area (Å²) < 4.78 is 0. The molecule has 6 heteroatoms. The Morgan fingerprint density at radius 1 is 0.846 bits per heavy atom. The normalized spacial score (nSPS) is 10.7. The van der Waals surface area contributed by atoms with E-state index in [2.05, 4.69) is 56.4 Å². The van der Waals surface area contributed by atoms with E-state index in [1.165, 1.54) is 16.9 Å². The quantitative estimate of drug-likeness (QED) is 0.554. The third-order valence-electron chi connectivity index (χ3n) is 3.85. The van der Waals surface area contributed by atoms with Crippen LogP contribution in [0.3, 0.4) is 0 Å². The summed E-state index contributed by atoms with van der Waals surface area (Å²) in [5.74, 6) is 1.45. The van der Waals surface area contributed by atoms with Crippen molar-refractivity contribution in [3.05, 3.63) is 71.5 Å². The fraction of sp³-hybridized carbons (Fsp3) is 0.100. The van der Waals surface area contributed by atoms with Gasteiger partial charge in [0.05, 0.1) is 11.4 Å². The first-order valence-electron chi connectivity index (χ1n) is 8.24. The molecule has 26 heavy (non-hydrogen) atoms. The van der Waals surface area contributed by atoms with Crippen LogP contribution in [0.4, 0.5) is 10.9 Å². The Balaban J connectivity index is 1.61. The highest BCUT2D eigenvalue weighted by molar-refractivity contribution is 7.14. The molecular weight excluding hydrogens is 342 g/mol. The van der Waals surface area contributed by atoms with Crippen molar-refractivity contribution in [3.8, 4) is 22.6 Å². The molecule has 0 bridgehead atoms. The summed E-state index contributed by atoms with van der Waals surface area (Å²) in [4.78, 5) is 18.0. The number of thiazole rings is 1. The molecule has 1 N–H and O–H groups in total. The average molecular weight is 359 g/mol. The van der Waals surface area contributed by atoms with E-state index in [1.807, 2.05) is 36.6 Å². The van der Waals surface area contributed by atoms with Crippen molar-refractivity contribution in [2.24, 2.45) is 0 Å². The zero-order chi connectivity index (χ0) is 17.9. The highest BCUT2D eigenvalue weighted by Crippen LogP contribution is 2.27. The number of rotatable bonds is 4. The third kappa shape index (κ3) is 3.60. The van der Waals surface area contributed by atoms with Gasteiger partial charge in [-0.1, -0.05) is 35.9 Å². The number of nitrogens with zero attached hydrogens (tertiary/aromatic N) is 4. The van der Waals surface area contributed by atoms with Crippen LogP contribution in [0.5, 0.6) is 0 Å². The predicted molar refractivity (Wildman–Crippen MR) is 106 cm³/mol. The average Bonchev–Trinajstić information content (AvgIpc) is 3.11. The summed E-state index contributed by atoms with van der Waals surface area (Å²) in [6.07, 6.45) is 1.77. The third-order valence-corrected chi connectivity index (χ3v) is 4.61. The van der Waals surface area contributed by atoms with E-state index in [0.717, 1.165) is 33.6 Å². The van der Waals surface area contributed by atoms with Crippen molar-refractivity contribution in [2.75, 3.05) is 5.32 Å². The number of aromatic nitrogens is 4. The van der Waals surface area contributed by atoms with Crippen LogP contribution in [-0.4, -0.2) is 19.9 Å². The van der Waals surface area contributed by atoms with E-state index in [-0.39, 0.29) is 0 Å². The van der Waals surface area contributed by atoms with Crippen LogP contribution in [-0.2, 0) is 0 Å². The minimum atomic E-state index is 0.715. The summed E-state index contributed by atoms with van der Waals surface area (Å²) in [7, 11) is 0. The summed E-state index contributed by atoms with van der Waals surface area (Å²) >= 11 is 1.53. The maximum Gasteiger partial charge on any atom is 0.188 e. The molecule has 0 fully saturated rings. The van der Waals surface area contributed by atoms with Gasteiger partial charge in [-0.15, -0.1) is 11.3 Å². The smallest absolute Gasteiger partial charge is 0.188 e. The Hall–Kier alpha value is -3.12. The lowest BCUT2D eigenvalue weighted by molar-refractivity contribution is 1.06. The van der Waals surface area contributed by atoms with Crippen LogP contribution in [0.25, 0.3) is 22.6 Å². The molecule has 3 aromatic heterocycles. The maximum atomic E-state index is 4.60. The van der Waals surface area contributed by atoms with Gasteiger partial charge < -0.3 is 5.32 Å². The number of hydrogen-bond donors (Lipinski definition) is 1. The second-order valence-electron chi connectivity index (χ2n) is 5.93. The standard InChI is InChI=1S/C20H17N5S/c1-13-6-8-15(9-7-13)17-11-19(23-14(2)22-17)25-20-24-18(12-26-20)16-5-3-4-10-21-16/h3-12H,1-2H3,(H,22,23,24,25). The monoisotopic (exact) mass is 359 g/mol. The topological polar surface area (TPSA) is 63.6 Å². The number of nitrogens with one attached hydrogen (secondary N) is 1. The van der Waals surface area contributed by atoms with Gasteiger partial charge >= 0.3 is 0 Å². The van der Waals surface area contributed by atoms with Crippen molar-refractivity contribution in [1.29, 1.82) is 0 Å². The molecule has 5 nitrogen and oxygen atoms in total. The highest BCUT2D eigenvalue weighted by Gasteiger charge is 2.09. The molecule has 0 aliphatic rings. The Bertz CT molecular complexity index is 1030. The van der Waals surface area contributed by atoms with Crippen molar-refractivity contribution in [1.82, 2.24) is 19.9 Å². The maximum absolute atomic E-state index is 4.60. The highest BCUT2D eigenvalue weighted by atomic mass is 32.1. The molecule has 0 saturated heterocycles. The number of anilines is 2. The Labute approximate surface area is 155 Å². The summed E-state index contributed by atoms with van der Waals surface area (Å²) in [6.45, 7) is 3.97. The molecule has 0 radical (unpaired) electrons. The first kappa shape index (κ1) is 16.4. The second kappa shape index (κ2) is 7.01. The minimum Gasteiger partial charge on any atom is -0.316 e. The molecule has 0 aliphatic carbocycles. The van der Waals surface area contributed by atoms with Crippen LogP contribution >= 0.6 is 11.3 Å². The van der Waals surface area contributed by atoms with Crippen molar-refractivity contribution in [2.45, 2.75) is 13.8 Å². The van der Waals surface area contributed by atoms with Crippen molar-refractivity contribution < 1.29 is 0 Å². The van der Waals surface area contributed by atoms with Gasteiger partial charge in [-0.05, 0) is 26.0 Å². The lowest BCUT2D eigenvalue weighted by Gasteiger charge is -2.07. The van der Waals surface area contributed by atoms with Crippen LogP contribution < -0.4 is 5.32 Å². The Morgan fingerprint density at radius 2 is 1.69 bits per heavy atom. The fourth-order valence-electron chi connectivity index (χ4n) is 2.58. The largest absolute Gasteiger partial charge is 0.316 e. The van der Waals surface area contributed by atoms with Crippen LogP contribution in [0, 0.1) is 13.8 Å². The van der Waals surface area contributed by atoms with Crippen LogP contribution in [0.15, 0.2) is 60.1 Å². The molecule has 0 aliphatic heterocycles. The number of pyridine rings is 1. The van der Waals surface area contributed by atoms with E-state index in [4.69, 9.17) is 0 Å². The molecule has 128 valence electrons. The predicted octanol–water partition coefficient (Wildman–Crippen LogP) is 5.02. The van der Waals surface area contributed by atoms with Gasteiger partial charge in [0, 0.05) is 23.2 Å². The molecule has 4 rings (SSSR count). The lowest BCUT2D eigenvalue weighted by Crippen LogP contribution is -1.98. The van der Waals surface area contributed by atoms with Gasteiger partial charge in [0.1, 0.15) is 17.3 Å². The van der Waals surface area contributed by atoms with Crippen LogP contribution in [0.1, 0.15) is 11.4 Å². The molecule has 1 aromatic carbocycles. The van der Waals surface area contributed by atoms with Crippen molar-refractivity contribution >= 4 is 22.3 Å². The van der Waals surface area contributed by atoms with Gasteiger partial charge in [0.2, 0.25) is 0 Å². The first-order chi connectivity index (χ1) is 12.7. The van der Waals surface area contributed by atoms with E-state index in [1.54, 1.807) is 6.20 Å². The molecule has 0 saturated carbocycles. The summed E-state index contributed by atoms with van der Waals surface area (Å²) in [5.41, 5.74) is 4.89. The van der Waals surface area contributed by atoms with E-state index in [0.29, 0.717) is 5.82 Å². The molecule has 3 heterocycles. The first-order valence-corrected chi connectivity index (χ1v) is 9.12. The molecular formula is C20H17N5S. The molecule has 0 spiro atoms. The van der Waals surface area contributed by atoms with E-state index >= 15 is 0 Å². The summed E-state index contributed by atoms with van der Waals surface area (Å²) in [5, 5.41) is 6.05. The van der Waals surface area contributed by atoms with Gasteiger partial charge in [-0.25, -0.2) is 15.0 Å². The minimum absolute atomic E-state index is 0.715. The summed E-state index contributed by atoms with van der Waals surface area (Å²) in [6, 6.07) is 16.1. The Kier molecular flexibility index (Phi) is 4.41. The fourth-order valence-corrected chi connectivity index (χ4v) is 3.29. The SMILES string of the molecule is Cc1ccc(-c2cc(Nc3nc(-c4ccccn4)cs3)nc(C)n2)cc1. The van der Waals surface area contributed by atoms with Gasteiger partial charge in [-0.2, -0.15) is 0 Å². The van der Waals surface area contributed by atoms with E-state index < -0.39 is 0 Å². The van der Waals surface area contributed by atoms with Crippen LogP contribution in [0.2, 0.25) is 0 Å². The van der Waals surface area contributed by atoms with Gasteiger partial charge in [0.15, 0.2) is 5.13 Å². The lowest BCUT2D eigenvalue weighted by atomic mass is 10.1. The number of aryl methyl sites for hydroxylation is 2. The molecule has 4 aromatic rings. The van der Waals surface area contributed by atoms with E-state index in [9.17, 15) is 0 Å².